The zero-order valence-corrected chi connectivity index (χ0v) is 63.1. The van der Waals surface area contributed by atoms with Crippen molar-refractivity contribution in [2.24, 2.45) is 5.73 Å². The van der Waals surface area contributed by atoms with Gasteiger partial charge in [0.15, 0.2) is 33.2 Å². The van der Waals surface area contributed by atoms with Crippen LogP contribution in [0.3, 0.4) is 0 Å². The third-order valence-corrected chi connectivity index (χ3v) is 25.1. The van der Waals surface area contributed by atoms with Crippen LogP contribution in [0.2, 0.25) is 10.0 Å². The van der Waals surface area contributed by atoms with Gasteiger partial charge in [-0.1, -0.05) is 50.6 Å². The highest BCUT2D eigenvalue weighted by atomic mass is 35.5. The second-order valence-corrected chi connectivity index (χ2v) is 34.0. The Balaban J connectivity index is 0.000000185. The first-order chi connectivity index (χ1) is 45.2. The number of aliphatic hydroxyl groups excluding tert-OH is 1. The number of aromatic hydroxyl groups is 1. The number of phenols is 1. The number of nitrogen functional groups attached to an aromatic ring is 1. The Bertz CT molecular complexity index is 3140. The number of hydrogen-bond donors (Lipinski definition) is 4. The Kier molecular flexibility index (Phi) is 34.0. The molecular weight excluding hydrogens is 1350 g/mol. The van der Waals surface area contributed by atoms with Crippen LogP contribution in [-0.2, 0) is 48.6 Å². The Morgan fingerprint density at radius 2 is 1.26 bits per heavy atom. The summed E-state index contributed by atoms with van der Waals surface area (Å²) < 4.78 is 69.4. The number of nitrogens with two attached hydrogens (primary N) is 2. The number of phenolic OH excluding ortho intramolecular Hbond substituents is 1. The Labute approximate surface area is 594 Å². The Morgan fingerprint density at radius 1 is 0.750 bits per heavy atom. The maximum Gasteiger partial charge on any atom is 0.264 e. The number of piperidine rings is 5. The van der Waals surface area contributed by atoms with Crippen molar-refractivity contribution < 1.29 is 54.7 Å². The van der Waals surface area contributed by atoms with E-state index in [4.69, 9.17) is 52.7 Å². The van der Waals surface area contributed by atoms with Crippen molar-refractivity contribution in [3.8, 4) is 5.75 Å². The summed E-state index contributed by atoms with van der Waals surface area (Å²) in [6.07, 6.45) is 25.8. The number of carbonyl (C=O) groups is 2. The molecule has 10 aliphatic heterocycles. The predicted molar refractivity (Wildman–Crippen MR) is 389 cm³/mol. The highest BCUT2D eigenvalue weighted by Gasteiger charge is 2.41. The SMILES string of the molecule is C=CC(C)=O.CC(C)(C)c1nc2ccc(Cl)c(SC3CCN4CCCC4C3)c2o1.CCOC(CCCN)OCC.CS(=O)(=O)OC1CCN2CCCC2C1.Cl.Nc1ccc(Cl)c(S(=O)(=O)C2CCN3CCCC3C2)c1O.O=C1CCN2CCCC2C1.OC1CCN2CCCC2C1. The Morgan fingerprint density at radius 3 is 1.81 bits per heavy atom. The second-order valence-electron chi connectivity index (χ2n) is 28.1. The molecular formula is C70H115Cl3N8O12S3. The van der Waals surface area contributed by atoms with Crippen molar-refractivity contribution in [2.45, 2.75) is 257 Å². The third-order valence-electron chi connectivity index (χ3n) is 19.9. The molecule has 11 heterocycles. The maximum absolute atomic E-state index is 12.9. The number of carbonyl (C=O) groups excluding carboxylic acids is 2. The molecule has 0 aliphatic carbocycles. The number of allylic oxidation sites excluding steroid dienone is 1. The predicted octanol–water partition coefficient (Wildman–Crippen LogP) is 11.8. The molecule has 0 amide bonds. The smallest absolute Gasteiger partial charge is 0.264 e. The number of nitrogens with zero attached hydrogens (tertiary/aromatic N) is 6. The average molecular weight is 1460 g/mol. The second kappa shape index (κ2) is 39.7. The van der Waals surface area contributed by atoms with E-state index in [9.17, 15) is 36.6 Å². The minimum absolute atomic E-state index is 0. The highest BCUT2D eigenvalue weighted by Crippen LogP contribution is 2.44. The summed E-state index contributed by atoms with van der Waals surface area (Å²) >= 11 is 14.5. The molecule has 546 valence electrons. The molecule has 6 N–H and O–H groups in total. The van der Waals surface area contributed by atoms with Gasteiger partial charge in [0.05, 0.1) is 44.3 Å². The van der Waals surface area contributed by atoms with E-state index in [1.807, 2.05) is 37.7 Å². The summed E-state index contributed by atoms with van der Waals surface area (Å²) in [4.78, 5) is 38.7. The van der Waals surface area contributed by atoms with E-state index in [0.29, 0.717) is 61.8 Å². The molecule has 10 saturated heterocycles. The van der Waals surface area contributed by atoms with Gasteiger partial charge in [0, 0.05) is 86.6 Å². The number of hydrogen-bond acceptors (Lipinski definition) is 21. The van der Waals surface area contributed by atoms with Crippen molar-refractivity contribution in [3.05, 3.63) is 52.9 Å². The van der Waals surface area contributed by atoms with Gasteiger partial charge in [-0.3, -0.25) is 18.7 Å². The van der Waals surface area contributed by atoms with Gasteiger partial charge < -0.3 is 55.2 Å². The number of sulfone groups is 1. The van der Waals surface area contributed by atoms with Crippen molar-refractivity contribution in [1.82, 2.24) is 29.5 Å². The molecule has 10 fully saturated rings. The molecule has 0 spiro atoms. The van der Waals surface area contributed by atoms with Crippen LogP contribution in [0, 0.1) is 0 Å². The van der Waals surface area contributed by atoms with Crippen LogP contribution < -0.4 is 11.5 Å². The number of halogens is 3. The van der Waals surface area contributed by atoms with Crippen LogP contribution in [0.25, 0.3) is 11.1 Å². The molecule has 1 aromatic heterocycles. The van der Waals surface area contributed by atoms with Gasteiger partial charge in [0.1, 0.15) is 16.2 Å². The standard InChI is InChI=1S/C19H25ClN2OS.C14H19ClN2O3S.C9H17NO3S.C8H19NO2.C8H15NO.C8H13NO.C4H6O.ClH/c1-19(2,3)18-21-15-7-6-14(20)17(16(15)23-18)24-13-8-10-22-9-4-5-12(22)11-13;15-11-3-4-12(16)13(18)14(11)21(19,20)10-5-7-17-6-1-2-9(17)8-10;1-14(11,12)13-9-4-6-10-5-2-3-8(10)7-9;1-3-10-8(11-4-2)6-5-7-9;2*10-8-3-5-9-4-1-2-7(9)6-8;1-3-4(2)5;/h6-7,12-13H,4-5,8-11H2,1-3H3;3-4,9-10,18H,1-2,5-8,16H2;8-9H,2-7H2,1H3;8H,3-7,9H2,1-2H3;7-8,10H,1-6H2;7H,1-6H2;3H,1H2,2H3;1H. The maximum atomic E-state index is 12.9. The minimum Gasteiger partial charge on any atom is -0.504 e. The van der Waals surface area contributed by atoms with Crippen LogP contribution in [0.5, 0.6) is 5.75 Å². The van der Waals surface area contributed by atoms with Gasteiger partial charge in [-0.05, 0) is 232 Å². The van der Waals surface area contributed by atoms with E-state index >= 15 is 0 Å². The lowest BCUT2D eigenvalue weighted by atomic mass is 9.97. The number of anilines is 1. The number of aliphatic hydroxyl groups is 1. The fraction of sp³-hybridized carbons (Fsp3) is 0.757. The lowest BCUT2D eigenvalue weighted by Crippen LogP contribution is -2.42. The zero-order valence-electron chi connectivity index (χ0n) is 58.3. The van der Waals surface area contributed by atoms with Gasteiger partial charge in [-0.15, -0.1) is 24.2 Å². The molecule has 9 unspecified atom stereocenters. The van der Waals surface area contributed by atoms with Crippen LogP contribution >= 0.6 is 47.4 Å². The normalized spacial score (nSPS) is 26.7. The van der Waals surface area contributed by atoms with Gasteiger partial charge >= 0.3 is 0 Å². The number of fused-ring (bicyclic) bond motifs is 6. The molecule has 9 atom stereocenters. The van der Waals surface area contributed by atoms with E-state index in [1.165, 1.54) is 122 Å². The lowest BCUT2D eigenvalue weighted by molar-refractivity contribution is -0.139. The summed E-state index contributed by atoms with van der Waals surface area (Å²) in [5.74, 6) is 0.858. The van der Waals surface area contributed by atoms with E-state index in [-0.39, 0.29) is 57.7 Å². The number of ketones is 2. The topological polar surface area (TPSA) is 265 Å². The fourth-order valence-electron chi connectivity index (χ4n) is 15.0. The number of oxazole rings is 1. The largest absolute Gasteiger partial charge is 0.504 e. The van der Waals surface area contributed by atoms with E-state index in [2.05, 4.69) is 56.8 Å². The van der Waals surface area contributed by atoms with Crippen molar-refractivity contribution in [2.75, 3.05) is 97.2 Å². The fourth-order valence-corrected chi connectivity index (χ4v) is 19.6. The molecule has 13 rings (SSSR count). The van der Waals surface area contributed by atoms with Crippen LogP contribution in [0.15, 0.2) is 51.1 Å². The Hall–Kier alpha value is -2.69. The molecule has 0 bridgehead atoms. The van der Waals surface area contributed by atoms with Gasteiger partial charge in [-0.25, -0.2) is 13.4 Å². The van der Waals surface area contributed by atoms with E-state index in [1.54, 1.807) is 0 Å². The van der Waals surface area contributed by atoms with Crippen LogP contribution in [0.1, 0.15) is 189 Å². The van der Waals surface area contributed by atoms with Crippen molar-refractivity contribution >= 4 is 95.7 Å². The monoisotopic (exact) mass is 1460 g/mol. The quantitative estimate of drug-likeness (QED) is 0.0384. The highest BCUT2D eigenvalue weighted by molar-refractivity contribution is 8.00. The van der Waals surface area contributed by atoms with E-state index in [0.717, 1.165) is 142 Å². The minimum atomic E-state index is -3.67. The van der Waals surface area contributed by atoms with Crippen LogP contribution in [0.4, 0.5) is 5.69 Å². The number of benzene rings is 2. The first-order valence-electron chi connectivity index (χ1n) is 35.3. The molecule has 3 aromatic rings. The molecule has 2 aromatic carbocycles. The first-order valence-corrected chi connectivity index (χ1v) is 40.3. The number of rotatable bonds is 14. The lowest BCUT2D eigenvalue weighted by Gasteiger charge is -2.34. The van der Waals surface area contributed by atoms with Crippen molar-refractivity contribution in [3.63, 3.8) is 0 Å². The van der Waals surface area contributed by atoms with Crippen LogP contribution in [-0.4, -0.2) is 219 Å². The molecule has 10 aliphatic rings. The molecule has 0 saturated carbocycles. The van der Waals surface area contributed by atoms with Gasteiger partial charge in [0.25, 0.3) is 10.1 Å². The molecule has 26 heteroatoms. The molecule has 96 heavy (non-hydrogen) atoms. The van der Waals surface area contributed by atoms with Gasteiger partial charge in [-0.2, -0.15) is 8.42 Å². The summed E-state index contributed by atoms with van der Waals surface area (Å²) in [5.41, 5.74) is 12.7. The van der Waals surface area contributed by atoms with Gasteiger partial charge in [0.2, 0.25) is 5.89 Å². The van der Waals surface area contributed by atoms with Crippen molar-refractivity contribution in [1.29, 1.82) is 0 Å². The molecule has 20 nitrogen and oxygen atoms in total. The number of aromatic nitrogens is 1. The van der Waals surface area contributed by atoms with E-state index < -0.39 is 31.0 Å². The summed E-state index contributed by atoms with van der Waals surface area (Å²) in [5, 5.41) is 20.3. The first kappa shape index (κ1) is 82.3. The summed E-state index contributed by atoms with van der Waals surface area (Å²) in [7, 11) is -6.94. The third kappa shape index (κ3) is 24.8. The molecule has 0 radical (unpaired) electrons. The summed E-state index contributed by atoms with van der Waals surface area (Å²) in [6.45, 7) is 28.3. The number of ether oxygens (including phenoxy) is 2. The zero-order chi connectivity index (χ0) is 69.0. The number of Topliss-reactive ketones (excluding diaryl/α,β-unsaturated/α-hetero) is 1. The number of thioether (sulfide) groups is 1. The summed E-state index contributed by atoms with van der Waals surface area (Å²) in [6, 6.07) is 9.80. The average Bonchev–Trinajstić information content (AvgIpc) is 1.31.